The fourth-order valence-corrected chi connectivity index (χ4v) is 8.27. The first-order chi connectivity index (χ1) is 30.0. The second-order valence-electron chi connectivity index (χ2n) is 15.3. The average Bonchev–Trinajstić information content (AvgIpc) is 3.30. The Morgan fingerprint density at radius 1 is 0.557 bits per heavy atom. The fourth-order valence-electron chi connectivity index (χ4n) is 7.98. The fraction of sp³-hybridized carbons (Fsp3) is 0.245. The van der Waals surface area contributed by atoms with Gasteiger partial charge in [-0.15, -0.1) is 0 Å². The van der Waals surface area contributed by atoms with E-state index in [2.05, 4.69) is 0 Å². The van der Waals surface area contributed by atoms with Gasteiger partial charge in [0, 0.05) is 10.9 Å². The number of aliphatic hydroxyl groups is 1. The van der Waals surface area contributed by atoms with Gasteiger partial charge in [-0.2, -0.15) is 0 Å². The number of halogens is 1. The van der Waals surface area contributed by atoms with Gasteiger partial charge in [-0.05, 0) is 70.3 Å². The van der Waals surface area contributed by atoms with Crippen LogP contribution in [0, 0.1) is 0 Å². The molecule has 0 aliphatic carbocycles. The summed E-state index contributed by atoms with van der Waals surface area (Å²) in [6.45, 7) is 3.66. The molecule has 1 N–H and O–H groups in total. The Labute approximate surface area is 363 Å². The number of rotatable bonds is 18. The van der Waals surface area contributed by atoms with E-state index in [-0.39, 0.29) is 26.4 Å². The van der Waals surface area contributed by atoms with Crippen molar-refractivity contribution in [3.63, 3.8) is 0 Å². The van der Waals surface area contributed by atoms with Crippen molar-refractivity contribution in [3.05, 3.63) is 220 Å². The van der Waals surface area contributed by atoms with E-state index < -0.39 is 30.2 Å². The molecule has 61 heavy (non-hydrogen) atoms. The van der Waals surface area contributed by atoms with Crippen LogP contribution in [0.25, 0.3) is 10.8 Å². The van der Waals surface area contributed by atoms with Gasteiger partial charge in [-0.25, -0.2) is 0 Å². The van der Waals surface area contributed by atoms with Gasteiger partial charge in [0.2, 0.25) is 5.79 Å². The van der Waals surface area contributed by atoms with Gasteiger partial charge >= 0.3 is 0 Å². The Morgan fingerprint density at radius 3 is 1.61 bits per heavy atom. The SMILES string of the molecule is CCOc1ccc(Cc2cc([C@]3(O)O[C@H](COCc4ccccc4)[C@@H](OCc4ccccc4)[C@H](OCc4ccccc4)[C@H]3OCc3ccccc3)c3ccccc3c2Cl)cc1. The molecule has 0 aromatic heterocycles. The number of hydrogen-bond donors (Lipinski definition) is 1. The molecule has 312 valence electrons. The summed E-state index contributed by atoms with van der Waals surface area (Å²) in [5.41, 5.74) is 6.25. The maximum absolute atomic E-state index is 13.7. The lowest BCUT2D eigenvalue weighted by Crippen LogP contribution is -2.65. The highest BCUT2D eigenvalue weighted by Gasteiger charge is 2.58. The number of benzene rings is 7. The van der Waals surface area contributed by atoms with E-state index in [0.29, 0.717) is 30.2 Å². The summed E-state index contributed by atoms with van der Waals surface area (Å²) >= 11 is 7.29. The molecule has 1 fully saturated rings. The third-order valence-electron chi connectivity index (χ3n) is 11.0. The van der Waals surface area contributed by atoms with E-state index in [9.17, 15) is 5.11 Å². The molecule has 8 heteroatoms. The molecule has 0 saturated carbocycles. The van der Waals surface area contributed by atoms with Crippen molar-refractivity contribution in [2.24, 2.45) is 0 Å². The standard InChI is InChI=1S/C53H51ClO7/c1-2-57-44-29-27-38(28-30-44)31-43-32-47(45-25-15-16-26-46(45)49(43)54)53(55)52(60-36-42-23-13-6-14-24-42)51(59-35-41-21-11-5-12-22-41)50(58-34-40-19-9-4-10-20-40)48(61-53)37-56-33-39-17-7-3-8-18-39/h3-30,32,48,50-52,55H,2,31,33-37H2,1H3/t48-,50-,51+,52-,53+/m1/s1. The number of fused-ring (bicyclic) bond motifs is 1. The van der Waals surface area contributed by atoms with Crippen LogP contribution in [0.15, 0.2) is 176 Å². The van der Waals surface area contributed by atoms with Gasteiger partial charge < -0.3 is 33.5 Å². The summed E-state index contributed by atoms with van der Waals surface area (Å²) in [5.74, 6) is -1.28. The zero-order valence-electron chi connectivity index (χ0n) is 34.3. The first-order valence-corrected chi connectivity index (χ1v) is 21.3. The minimum atomic E-state index is -2.08. The van der Waals surface area contributed by atoms with Crippen LogP contribution in [0.3, 0.4) is 0 Å². The molecule has 7 aromatic carbocycles. The molecule has 1 aliphatic heterocycles. The highest BCUT2D eigenvalue weighted by atomic mass is 35.5. The molecule has 1 heterocycles. The molecule has 7 aromatic rings. The summed E-state index contributed by atoms with van der Waals surface area (Å²) in [5, 5.41) is 15.8. The summed E-state index contributed by atoms with van der Waals surface area (Å²) in [6.07, 6.45) is -2.98. The van der Waals surface area contributed by atoms with Crippen molar-refractivity contribution >= 4 is 22.4 Å². The molecule has 0 unspecified atom stereocenters. The van der Waals surface area contributed by atoms with Gasteiger partial charge in [0.25, 0.3) is 0 Å². The molecule has 5 atom stereocenters. The Bertz CT molecular complexity index is 2420. The minimum absolute atomic E-state index is 0.0951. The first kappa shape index (κ1) is 42.3. The monoisotopic (exact) mass is 834 g/mol. The molecule has 0 spiro atoms. The lowest BCUT2D eigenvalue weighted by Gasteiger charge is -2.50. The van der Waals surface area contributed by atoms with Crippen molar-refractivity contribution in [3.8, 4) is 5.75 Å². The van der Waals surface area contributed by atoms with Crippen molar-refractivity contribution < 1.29 is 33.5 Å². The average molecular weight is 835 g/mol. The van der Waals surface area contributed by atoms with Gasteiger partial charge in [0.15, 0.2) is 0 Å². The van der Waals surface area contributed by atoms with Crippen LogP contribution in [0.5, 0.6) is 5.75 Å². The Kier molecular flexibility index (Phi) is 14.2. The zero-order chi connectivity index (χ0) is 41.9. The summed E-state index contributed by atoms with van der Waals surface area (Å²) in [4.78, 5) is 0. The first-order valence-electron chi connectivity index (χ1n) is 20.9. The van der Waals surface area contributed by atoms with E-state index in [4.69, 9.17) is 40.0 Å². The largest absolute Gasteiger partial charge is 0.494 e. The Hall–Kier alpha value is -5.35. The molecular formula is C53H51ClO7. The molecule has 1 saturated heterocycles. The molecule has 0 radical (unpaired) electrons. The van der Waals surface area contributed by atoms with Crippen LogP contribution in [0.2, 0.25) is 5.02 Å². The third-order valence-corrected chi connectivity index (χ3v) is 11.5. The maximum Gasteiger partial charge on any atom is 0.223 e. The van der Waals surface area contributed by atoms with E-state index in [0.717, 1.165) is 49.9 Å². The van der Waals surface area contributed by atoms with Crippen molar-refractivity contribution in [1.82, 2.24) is 0 Å². The summed E-state index contributed by atoms with van der Waals surface area (Å²) < 4.78 is 40.1. The van der Waals surface area contributed by atoms with Crippen LogP contribution in [-0.4, -0.2) is 42.7 Å². The van der Waals surface area contributed by atoms with E-state index in [1.807, 2.05) is 183 Å². The van der Waals surface area contributed by atoms with Gasteiger partial charge in [0.1, 0.15) is 30.2 Å². The van der Waals surface area contributed by atoms with Crippen LogP contribution in [-0.2, 0) is 62.3 Å². The maximum atomic E-state index is 13.7. The van der Waals surface area contributed by atoms with E-state index in [1.54, 1.807) is 0 Å². The smallest absolute Gasteiger partial charge is 0.223 e. The molecule has 8 rings (SSSR count). The minimum Gasteiger partial charge on any atom is -0.494 e. The molecule has 0 amide bonds. The highest BCUT2D eigenvalue weighted by Crippen LogP contribution is 2.46. The molecule has 7 nitrogen and oxygen atoms in total. The predicted molar refractivity (Wildman–Crippen MR) is 239 cm³/mol. The van der Waals surface area contributed by atoms with E-state index in [1.165, 1.54) is 0 Å². The second-order valence-corrected chi connectivity index (χ2v) is 15.7. The van der Waals surface area contributed by atoms with Crippen LogP contribution >= 0.6 is 11.6 Å². The molecule has 0 bridgehead atoms. The lowest BCUT2D eigenvalue weighted by molar-refractivity contribution is -0.378. The van der Waals surface area contributed by atoms with Gasteiger partial charge in [-0.3, -0.25) is 0 Å². The molecule has 1 aliphatic rings. The lowest BCUT2D eigenvalue weighted by atomic mass is 9.84. The highest BCUT2D eigenvalue weighted by molar-refractivity contribution is 6.36. The number of ether oxygens (including phenoxy) is 6. The van der Waals surface area contributed by atoms with Crippen molar-refractivity contribution in [2.75, 3.05) is 13.2 Å². The second kappa shape index (κ2) is 20.5. The van der Waals surface area contributed by atoms with Crippen LogP contribution in [0.4, 0.5) is 0 Å². The Morgan fingerprint density at radius 2 is 1.05 bits per heavy atom. The van der Waals surface area contributed by atoms with Crippen molar-refractivity contribution in [2.45, 2.75) is 70.0 Å². The normalized spacial score (nSPS) is 20.1. The number of hydrogen-bond acceptors (Lipinski definition) is 7. The van der Waals surface area contributed by atoms with Gasteiger partial charge in [0.05, 0.1) is 44.7 Å². The van der Waals surface area contributed by atoms with Gasteiger partial charge in [-0.1, -0.05) is 169 Å². The topological polar surface area (TPSA) is 75.6 Å². The predicted octanol–water partition coefficient (Wildman–Crippen LogP) is 11.0. The summed E-state index contributed by atoms with van der Waals surface area (Å²) in [7, 11) is 0. The quantitative estimate of drug-likeness (QED) is 0.0923. The Balaban J connectivity index is 1.25. The molecular weight excluding hydrogens is 784 g/mol. The van der Waals surface area contributed by atoms with Crippen LogP contribution < -0.4 is 4.74 Å². The van der Waals surface area contributed by atoms with Crippen molar-refractivity contribution in [1.29, 1.82) is 0 Å². The van der Waals surface area contributed by atoms with E-state index >= 15 is 0 Å². The van der Waals surface area contributed by atoms with Crippen LogP contribution in [0.1, 0.15) is 45.9 Å². The summed E-state index contributed by atoms with van der Waals surface area (Å²) in [6, 6.07) is 57.7. The third kappa shape index (κ3) is 10.4. The zero-order valence-corrected chi connectivity index (χ0v) is 35.0.